The molecule has 290 valence electrons. The molecule has 4 nitrogen and oxygen atoms in total. The van der Waals surface area contributed by atoms with Crippen molar-refractivity contribution in [2.24, 2.45) is 0 Å². The van der Waals surface area contributed by atoms with Crippen LogP contribution in [0.2, 0.25) is 0 Å². The molecule has 0 spiro atoms. The van der Waals surface area contributed by atoms with E-state index in [1.807, 2.05) is 83.3 Å². The third kappa shape index (κ3) is 6.28. The third-order valence-electron chi connectivity index (χ3n) is 11.5. The number of benzene rings is 8. The summed E-state index contributed by atoms with van der Waals surface area (Å²) in [7, 11) is 0. The van der Waals surface area contributed by atoms with Crippen LogP contribution in [0.25, 0.3) is 119 Å². The van der Waals surface area contributed by atoms with Gasteiger partial charge in [-0.3, -0.25) is 0 Å². The van der Waals surface area contributed by atoms with Gasteiger partial charge >= 0.3 is 0 Å². The largest absolute Gasteiger partial charge is 0.247 e. The fourth-order valence-electron chi connectivity index (χ4n) is 8.61. The first-order valence-electron chi connectivity index (χ1n) is 20.6. The van der Waals surface area contributed by atoms with Crippen LogP contribution in [0.3, 0.4) is 0 Å². The summed E-state index contributed by atoms with van der Waals surface area (Å²) >= 11 is 3.74. The van der Waals surface area contributed by atoms with Crippen LogP contribution in [0.15, 0.2) is 206 Å². The highest BCUT2D eigenvalue weighted by molar-refractivity contribution is 7.27. The molecule has 0 radical (unpaired) electrons. The minimum Gasteiger partial charge on any atom is -0.247 e. The highest BCUT2D eigenvalue weighted by atomic mass is 32.1. The molecule has 0 N–H and O–H groups in total. The van der Waals surface area contributed by atoms with E-state index in [-0.39, 0.29) is 0 Å². The molecule has 12 aromatic rings. The molecule has 0 aliphatic heterocycles. The van der Waals surface area contributed by atoms with Crippen LogP contribution < -0.4 is 0 Å². The molecule has 0 saturated carbocycles. The molecule has 0 unspecified atom stereocenters. The van der Waals surface area contributed by atoms with E-state index in [0.717, 1.165) is 55.5 Å². The van der Waals surface area contributed by atoms with E-state index in [2.05, 4.69) is 146 Å². The van der Waals surface area contributed by atoms with Gasteiger partial charge in [0.15, 0.2) is 17.5 Å². The fraction of sp³-hybridized carbons (Fsp3) is 0. The third-order valence-corrected chi connectivity index (χ3v) is 14.0. The van der Waals surface area contributed by atoms with Gasteiger partial charge in [0.2, 0.25) is 0 Å². The van der Waals surface area contributed by atoms with Crippen molar-refractivity contribution >= 4 is 63.8 Å². The molecular formula is C56H34N4S2. The molecule has 6 heteroatoms. The van der Waals surface area contributed by atoms with Gasteiger partial charge in [0, 0.05) is 73.9 Å². The minimum absolute atomic E-state index is 0.631. The molecule has 0 atom stereocenters. The normalized spacial score (nSPS) is 11.5. The Hall–Kier alpha value is -7.64. The van der Waals surface area contributed by atoms with Gasteiger partial charge < -0.3 is 0 Å². The second-order valence-electron chi connectivity index (χ2n) is 15.3. The molecule has 0 aliphatic rings. The van der Waals surface area contributed by atoms with Crippen LogP contribution in [0.4, 0.5) is 0 Å². The van der Waals surface area contributed by atoms with Gasteiger partial charge in [-0.15, -0.1) is 22.7 Å². The van der Waals surface area contributed by atoms with Crippen molar-refractivity contribution in [2.75, 3.05) is 0 Å². The lowest BCUT2D eigenvalue weighted by Crippen LogP contribution is -2.00. The smallest absolute Gasteiger partial charge is 0.164 e. The van der Waals surface area contributed by atoms with Crippen molar-refractivity contribution in [3.05, 3.63) is 206 Å². The van der Waals surface area contributed by atoms with Crippen molar-refractivity contribution in [2.45, 2.75) is 0 Å². The summed E-state index contributed by atoms with van der Waals surface area (Å²) in [5.74, 6) is 1.92. The van der Waals surface area contributed by atoms with Crippen LogP contribution in [0.1, 0.15) is 0 Å². The molecule has 0 bridgehead atoms. The Balaban J connectivity index is 1.07. The van der Waals surface area contributed by atoms with E-state index in [4.69, 9.17) is 19.9 Å². The molecule has 62 heavy (non-hydrogen) atoms. The number of rotatable bonds is 7. The van der Waals surface area contributed by atoms with Gasteiger partial charge in [-0.05, 0) is 41.0 Å². The van der Waals surface area contributed by atoms with Crippen molar-refractivity contribution in [3.8, 4) is 78.1 Å². The van der Waals surface area contributed by atoms with E-state index in [9.17, 15) is 0 Å². The number of fused-ring (bicyclic) bond motifs is 6. The maximum atomic E-state index is 5.44. The van der Waals surface area contributed by atoms with Gasteiger partial charge in [0.25, 0.3) is 0 Å². The summed E-state index contributed by atoms with van der Waals surface area (Å²) in [5, 5.41) is 4.91. The molecule has 0 amide bonds. The zero-order chi connectivity index (χ0) is 41.0. The maximum absolute atomic E-state index is 5.44. The van der Waals surface area contributed by atoms with E-state index < -0.39 is 0 Å². The molecule has 4 aromatic heterocycles. The lowest BCUT2D eigenvalue weighted by atomic mass is 9.93. The van der Waals surface area contributed by atoms with Crippen LogP contribution in [0, 0.1) is 0 Å². The number of thiophene rings is 2. The molecule has 0 saturated heterocycles. The maximum Gasteiger partial charge on any atom is 0.164 e. The average Bonchev–Trinajstić information content (AvgIpc) is 3.95. The van der Waals surface area contributed by atoms with E-state index in [0.29, 0.717) is 17.5 Å². The first kappa shape index (κ1) is 36.2. The van der Waals surface area contributed by atoms with Crippen molar-refractivity contribution in [1.29, 1.82) is 0 Å². The zero-order valence-electron chi connectivity index (χ0n) is 33.2. The first-order chi connectivity index (χ1) is 30.7. The van der Waals surface area contributed by atoms with Gasteiger partial charge in [-0.2, -0.15) is 0 Å². The van der Waals surface area contributed by atoms with E-state index >= 15 is 0 Å². The number of nitrogens with zero attached hydrogens (tertiary/aromatic N) is 4. The second kappa shape index (κ2) is 15.1. The van der Waals surface area contributed by atoms with E-state index in [1.54, 1.807) is 0 Å². The fourth-order valence-corrected chi connectivity index (χ4v) is 11.2. The quantitative estimate of drug-likeness (QED) is 0.161. The Morgan fingerprint density at radius 3 is 1.52 bits per heavy atom. The second-order valence-corrected chi connectivity index (χ2v) is 17.4. The van der Waals surface area contributed by atoms with Crippen molar-refractivity contribution in [1.82, 2.24) is 19.9 Å². The number of hydrogen-bond donors (Lipinski definition) is 0. The minimum atomic E-state index is 0.631. The average molecular weight is 827 g/mol. The van der Waals surface area contributed by atoms with Gasteiger partial charge in [0.05, 0.1) is 11.2 Å². The summed E-state index contributed by atoms with van der Waals surface area (Å²) in [4.78, 5) is 21.7. The van der Waals surface area contributed by atoms with Crippen LogP contribution in [-0.2, 0) is 0 Å². The Labute approximate surface area is 366 Å². The Morgan fingerprint density at radius 1 is 0.323 bits per heavy atom. The molecule has 4 heterocycles. The summed E-state index contributed by atoms with van der Waals surface area (Å²) in [6, 6.07) is 72.6. The van der Waals surface area contributed by atoms with E-state index in [1.165, 1.54) is 46.3 Å². The predicted molar refractivity (Wildman–Crippen MR) is 261 cm³/mol. The number of aromatic nitrogens is 4. The van der Waals surface area contributed by atoms with Crippen molar-refractivity contribution in [3.63, 3.8) is 0 Å². The van der Waals surface area contributed by atoms with Gasteiger partial charge in [-0.25, -0.2) is 19.9 Å². The van der Waals surface area contributed by atoms with Gasteiger partial charge in [-0.1, -0.05) is 182 Å². The summed E-state index contributed by atoms with van der Waals surface area (Å²) in [5.41, 5.74) is 11.7. The molecule has 12 rings (SSSR count). The highest BCUT2D eigenvalue weighted by Crippen LogP contribution is 2.53. The molecule has 8 aromatic carbocycles. The monoisotopic (exact) mass is 826 g/mol. The number of para-hydroxylation sites is 1. The van der Waals surface area contributed by atoms with Crippen LogP contribution in [0.5, 0.6) is 0 Å². The Kier molecular flexibility index (Phi) is 8.84. The van der Waals surface area contributed by atoms with Gasteiger partial charge in [0.1, 0.15) is 0 Å². The Bertz CT molecular complexity index is 3580. The first-order valence-corrected chi connectivity index (χ1v) is 22.3. The molecule has 0 aliphatic carbocycles. The summed E-state index contributed by atoms with van der Waals surface area (Å²) in [6.45, 7) is 0. The number of pyridine rings is 1. The summed E-state index contributed by atoms with van der Waals surface area (Å²) in [6.07, 6.45) is 0. The van der Waals surface area contributed by atoms with Crippen molar-refractivity contribution < 1.29 is 0 Å². The molecular weight excluding hydrogens is 793 g/mol. The van der Waals surface area contributed by atoms with Crippen LogP contribution >= 0.6 is 22.7 Å². The number of hydrogen-bond acceptors (Lipinski definition) is 6. The lowest BCUT2D eigenvalue weighted by Gasteiger charge is -2.12. The zero-order valence-corrected chi connectivity index (χ0v) is 34.9. The predicted octanol–water partition coefficient (Wildman–Crippen LogP) is 15.7. The lowest BCUT2D eigenvalue weighted by molar-refractivity contribution is 1.07. The standard InChI is InChI=1S/C56H34N4S2/c1-4-17-35(18-5-1)50-49-48(45-30-16-29-43-42-27-11-13-32-47(42)61-52(43)45)51(62-53(49)44-28-10-12-31-46(44)57-50)40-25-14-23-38(33-40)39-24-15-26-41(34-39)56-59-54(36-19-6-2-7-20-36)58-55(60-56)37-21-8-3-9-22-37/h1-34H. The summed E-state index contributed by atoms with van der Waals surface area (Å²) < 4.78 is 3.81. The highest BCUT2D eigenvalue weighted by Gasteiger charge is 2.25. The SMILES string of the molecule is c1ccc(-c2nc(-c3ccccc3)nc(-c3cccc(-c4cccc(-c5sc6c(c(-c7ccccc7)nc7ccccc76)c5-c5cccc6c5sc5ccccc56)c4)c3)n2)cc1. The Morgan fingerprint density at radius 2 is 0.823 bits per heavy atom. The van der Waals surface area contributed by atoms with Crippen LogP contribution in [-0.4, -0.2) is 19.9 Å². The molecule has 0 fully saturated rings. The topological polar surface area (TPSA) is 51.6 Å².